The van der Waals surface area contributed by atoms with E-state index in [1.54, 1.807) is 13.3 Å². The maximum atomic E-state index is 13.5. The van der Waals surface area contributed by atoms with Gasteiger partial charge in [-0.05, 0) is 165 Å². The van der Waals surface area contributed by atoms with Crippen molar-refractivity contribution in [2.75, 3.05) is 56.7 Å². The second-order valence-corrected chi connectivity index (χ2v) is 30.9. The predicted octanol–water partition coefficient (Wildman–Crippen LogP) is 11.2. The Hall–Kier alpha value is -10.9. The van der Waals surface area contributed by atoms with Crippen LogP contribution in [0.1, 0.15) is 204 Å². The van der Waals surface area contributed by atoms with Crippen molar-refractivity contribution >= 4 is 156 Å². The fourth-order valence-corrected chi connectivity index (χ4v) is 11.8. The summed E-state index contributed by atoms with van der Waals surface area (Å²) in [5.41, 5.74) is 8.75. The number of imide groups is 4. The molecule has 8 heterocycles. The number of ether oxygens (including phenoxy) is 2. The summed E-state index contributed by atoms with van der Waals surface area (Å²) in [5, 5.41) is 40.1. The second-order valence-electron chi connectivity index (χ2n) is 28.5. The van der Waals surface area contributed by atoms with E-state index < -0.39 is 64.5 Å². The normalized spacial score (nSPS) is 13.8. The standard InChI is InChI=1S/C35H50N6O5.C17H20N6O4.C10H16O.C7H4N6O3.C6H6N6O2.2C2H4Cl2.2CH5OP.2CO.Cl2/c1-5-6-7-8-9-10-11-12-13-14-15-16-17-18-19-20-30(42)41(35(45)46-25-28-21-23-29(24-22-28)27(2)3)33(43)31-32-37-38-39(4)34(44)40(32)26-36-31;1-10(2)12-6-4-11(5-7-12)8-27-16(25)19-15(24)13-14-20-21-22(3)17(26)23(14)9-18-13;1-8(2)10-5-3-9(7-11)4-6-10;1-12-7(16)13-2-8-4(5(13)10-11-12)6(15)9-3-14;1-11-6(14)12-2-8-3(4(7)13)5(12)9-10-11;2*3-1-2-4;2*1-3-2;3*1-2/h9-10,12-13,21,26,29H,2,5-8,11,14-20,22-25H2,1,3-4H3;4,9,12H,1,5-8H2,2-3H3,(H,19,24,25);3,10-11H,1,4-7H2,2H3;2H,1H3;2H,1H3,(H2,7,13);2*1-2H2;2*2-3H,1H3;;;/b10-9-,13-12-;;;;;;;;;;;/t29-;12-;10-;;;;;;;;;/m111........./s1. The Bertz CT molecular complexity index is 5600. The molecule has 0 fully saturated rings. The van der Waals surface area contributed by atoms with Crippen molar-refractivity contribution in [3.05, 3.63) is 199 Å². The summed E-state index contributed by atoms with van der Waals surface area (Å²) < 4.78 is 33.8. The van der Waals surface area contributed by atoms with Gasteiger partial charge < -0.3 is 30.1 Å². The molecule has 6 N–H and O–H groups in total. The first-order valence-electron chi connectivity index (χ1n) is 41.1. The SMILES string of the molecule is C=C(C)[C@@H]1CC=C(CO)CC1.C=C(C)[C@@H]1CC=C(COC(=O)N(C(=O)CCCCCCC/C=C\C/C=C\CCCCC)C(=O)c2ncn3c(=O)n(C)nnc23)CC1.C=C(C)[C@@H]1CC=C(COC(=O)NC(=O)c2ncn3c(=O)n(C)nnc23)CC1.CPO.CPO.ClCCCl.ClCCCl.ClCl.Cn1nnc2c(C(=O)N=C=O)ncn2c1=O.Cn1nnc2c(C(N)=O)ncn2c1=O.[C-]#[O+].[C-]#[O+]. The van der Waals surface area contributed by atoms with Gasteiger partial charge in [0.2, 0.25) is 12.0 Å². The molecule has 3 aliphatic rings. The van der Waals surface area contributed by atoms with Gasteiger partial charge in [0.05, 0.1) is 6.61 Å². The number of allylic oxidation sites excluding steroid dienone is 10. The number of hydrogen-bond donors (Lipinski definition) is 5. The quantitative estimate of drug-likeness (QED) is 0.00444. The summed E-state index contributed by atoms with van der Waals surface area (Å²) in [6.45, 7) is 33.0. The molecule has 0 bridgehead atoms. The van der Waals surface area contributed by atoms with Crippen molar-refractivity contribution < 1.29 is 72.0 Å². The number of fused-ring (bicyclic) bond motifs is 4. The number of unbranched alkanes of at least 4 members (excludes halogenated alkanes) is 8. The number of nitrogens with zero attached hydrogens (tertiary/aromatic N) is 22. The molecule has 51 heteroatoms. The van der Waals surface area contributed by atoms with Gasteiger partial charge in [0, 0.05) is 97.5 Å². The Morgan fingerprint density at radius 2 is 0.903 bits per heavy atom. The van der Waals surface area contributed by atoms with E-state index in [1.165, 1.54) is 71.3 Å². The average Bonchev–Trinajstić information content (AvgIpc) is 1.63. The number of carbonyl (C=O) groups excluding carboxylic acids is 8. The van der Waals surface area contributed by atoms with Crippen LogP contribution in [-0.4, -0.2) is 222 Å². The Balaban J connectivity index is 0.00000169. The third-order valence-electron chi connectivity index (χ3n) is 18.9. The van der Waals surface area contributed by atoms with E-state index in [0.29, 0.717) is 52.6 Å². The summed E-state index contributed by atoms with van der Waals surface area (Å²) in [4.78, 5) is 177. The van der Waals surface area contributed by atoms with E-state index >= 15 is 0 Å². The number of aliphatic imine (C=N–C) groups is 1. The fraction of sp³-hybridized carbons (Fsp3) is 0.494. The van der Waals surface area contributed by atoms with Gasteiger partial charge in [0.25, 0.3) is 17.7 Å². The molecule has 732 valence electrons. The fourth-order valence-electron chi connectivity index (χ4n) is 11.8. The molecule has 0 spiro atoms. The number of imidazole rings is 4. The van der Waals surface area contributed by atoms with Crippen molar-refractivity contribution in [3.63, 3.8) is 0 Å². The van der Waals surface area contributed by atoms with E-state index in [4.69, 9.17) is 85.8 Å². The molecule has 5 atom stereocenters. The number of nitrogens with one attached hydrogen (secondary N) is 1. The number of alkyl halides is 4. The van der Waals surface area contributed by atoms with Gasteiger partial charge in [0.1, 0.15) is 38.5 Å². The number of aliphatic hydroxyl groups excluding tert-OH is 1. The molecule has 7 amide bonds. The Morgan fingerprint density at radius 3 is 1.27 bits per heavy atom. The van der Waals surface area contributed by atoms with Crippen LogP contribution in [0.2, 0.25) is 0 Å². The monoisotopic (exact) mass is 2020 g/mol. The Morgan fingerprint density at radius 1 is 0.560 bits per heavy atom. The van der Waals surface area contributed by atoms with E-state index in [0.717, 1.165) is 180 Å². The van der Waals surface area contributed by atoms with Crippen LogP contribution in [0, 0.1) is 31.1 Å². The summed E-state index contributed by atoms with van der Waals surface area (Å²) in [5.74, 6) is -0.406. The van der Waals surface area contributed by atoms with E-state index in [-0.39, 0.29) is 89.2 Å². The second kappa shape index (κ2) is 71.6. The van der Waals surface area contributed by atoms with Gasteiger partial charge in [-0.2, -0.15) is 23.6 Å². The van der Waals surface area contributed by atoms with Gasteiger partial charge in [-0.3, -0.25) is 29.3 Å². The van der Waals surface area contributed by atoms with Crippen LogP contribution in [0.25, 0.3) is 22.6 Å². The number of primary amides is 1. The number of aryl methyl sites for hydroxylation is 4. The zero-order chi connectivity index (χ0) is 101. The molecule has 0 saturated heterocycles. The number of isocyanates is 1. The molecule has 0 saturated carbocycles. The molecule has 2 unspecified atom stereocenters. The number of nitrogens with two attached hydrogens (primary N) is 1. The van der Waals surface area contributed by atoms with Gasteiger partial charge >= 0.3 is 63.5 Å². The van der Waals surface area contributed by atoms with Crippen LogP contribution in [0.15, 0.2) is 145 Å². The number of carbonyl (C=O) groups is 7. The number of halogens is 6. The molecule has 0 radical (unpaired) electrons. The van der Waals surface area contributed by atoms with Crippen LogP contribution < -0.4 is 33.8 Å². The molecule has 0 aromatic carbocycles. The van der Waals surface area contributed by atoms with Crippen molar-refractivity contribution in [1.82, 2.24) is 108 Å². The summed E-state index contributed by atoms with van der Waals surface area (Å²) in [6, 6.07) is 0. The first-order valence-corrected chi connectivity index (χ1v) is 47.3. The number of rotatable bonds is 28. The first kappa shape index (κ1) is 123. The van der Waals surface area contributed by atoms with Crippen LogP contribution in [0.4, 0.5) is 9.59 Å². The maximum absolute atomic E-state index is 13.5. The molecule has 0 aliphatic heterocycles. The summed E-state index contributed by atoms with van der Waals surface area (Å²) >= 11 is 20.2. The number of amides is 7. The van der Waals surface area contributed by atoms with E-state index in [1.807, 2.05) is 26.0 Å². The van der Waals surface area contributed by atoms with Crippen molar-refractivity contribution in [2.24, 2.45) is 56.7 Å². The van der Waals surface area contributed by atoms with Gasteiger partial charge in [-0.1, -0.05) is 139 Å². The summed E-state index contributed by atoms with van der Waals surface area (Å²) in [6.07, 6.45) is 38.6. The van der Waals surface area contributed by atoms with Crippen molar-refractivity contribution in [1.29, 1.82) is 0 Å². The number of alkyl carbamates (subject to hydrolysis) is 1. The molecular formula is C83H114Cl6N24O19P2. The van der Waals surface area contributed by atoms with E-state index in [2.05, 4.69) is 170 Å². The van der Waals surface area contributed by atoms with E-state index in [9.17, 15) is 57.5 Å². The van der Waals surface area contributed by atoms with Gasteiger partial charge in [0.15, 0.2) is 45.4 Å². The Kier molecular flexibility index (Phi) is 65.8. The van der Waals surface area contributed by atoms with Crippen molar-refractivity contribution in [3.8, 4) is 0 Å². The third-order valence-corrected chi connectivity index (χ3v) is 20.1. The molecule has 3 aliphatic carbocycles. The van der Waals surface area contributed by atoms with Gasteiger partial charge in [-0.15, -0.1) is 71.8 Å². The molecule has 11 rings (SSSR count). The molecule has 8 aromatic rings. The van der Waals surface area contributed by atoms with Gasteiger partial charge in [-0.25, -0.2) is 71.1 Å². The summed E-state index contributed by atoms with van der Waals surface area (Å²) in [7, 11) is 14.1. The third kappa shape index (κ3) is 43.2. The minimum absolute atomic E-state index is 0.00640. The van der Waals surface area contributed by atoms with Crippen LogP contribution in [0.5, 0.6) is 0 Å². The molecule has 43 nitrogen and oxygen atoms in total. The van der Waals surface area contributed by atoms with Crippen LogP contribution >= 0.6 is 85.7 Å². The number of hydrogen-bond acceptors (Lipinski definition) is 29. The zero-order valence-electron chi connectivity index (χ0n) is 76.1. The predicted molar refractivity (Wildman–Crippen MR) is 509 cm³/mol. The Labute approximate surface area is 805 Å². The van der Waals surface area contributed by atoms with Crippen molar-refractivity contribution in [2.45, 2.75) is 163 Å². The molecular weight excluding hydrogens is 1910 g/mol. The minimum atomic E-state index is -1.07. The number of aliphatic hydroxyl groups is 1. The van der Waals surface area contributed by atoms with Crippen LogP contribution in [-0.2, 0) is 56.6 Å². The first-order chi connectivity index (χ1) is 64.3. The average molecular weight is 2030 g/mol. The number of aromatic nitrogens is 20. The zero-order valence-corrected chi connectivity index (χ0v) is 82.6. The topological polar surface area (TPSA) is 569 Å². The molecule has 134 heavy (non-hydrogen) atoms. The molecule has 8 aromatic heterocycles. The van der Waals surface area contributed by atoms with Crippen LogP contribution in [0.3, 0.4) is 0 Å².